The van der Waals surface area contributed by atoms with Crippen LogP contribution in [-0.2, 0) is 11.2 Å². The van der Waals surface area contributed by atoms with E-state index in [2.05, 4.69) is 20.5 Å². The van der Waals surface area contributed by atoms with Gasteiger partial charge in [0, 0.05) is 12.0 Å². The predicted molar refractivity (Wildman–Crippen MR) is 109 cm³/mol. The van der Waals surface area contributed by atoms with Crippen LogP contribution in [0.3, 0.4) is 0 Å². The number of hydrogen-bond donors (Lipinski definition) is 3. The topological polar surface area (TPSA) is 131 Å². The molecule has 3 rings (SSSR count). The maximum atomic E-state index is 12.2. The number of H-pyrrole nitrogens is 1. The Morgan fingerprint density at radius 3 is 2.59 bits per heavy atom. The van der Waals surface area contributed by atoms with Crippen molar-refractivity contribution >= 4 is 18.1 Å². The summed E-state index contributed by atoms with van der Waals surface area (Å²) in [5, 5.41) is 22.1. The number of carbonyl (C=O) groups is 1. The van der Waals surface area contributed by atoms with Gasteiger partial charge in [0.2, 0.25) is 5.95 Å². The van der Waals surface area contributed by atoms with E-state index in [1.807, 2.05) is 36.4 Å². The van der Waals surface area contributed by atoms with E-state index in [1.165, 1.54) is 0 Å². The Kier molecular flexibility index (Phi) is 6.12. The molecule has 0 aliphatic rings. The number of aryl methyl sites for hydroxylation is 1. The molecule has 0 amide bonds. The van der Waals surface area contributed by atoms with Gasteiger partial charge in [-0.2, -0.15) is 10.4 Å². The number of aromatic amines is 1. The second-order valence-corrected chi connectivity index (χ2v) is 6.12. The van der Waals surface area contributed by atoms with E-state index in [-0.39, 0.29) is 23.6 Å². The number of nitrogens with zero attached hydrogens (tertiary/aromatic N) is 3. The number of carboxylic acids is 1. The lowest BCUT2D eigenvalue weighted by Crippen LogP contribution is -2.16. The first kappa shape index (κ1) is 19.5. The first-order chi connectivity index (χ1) is 14.1. The lowest BCUT2D eigenvalue weighted by molar-refractivity contribution is -0.136. The van der Waals surface area contributed by atoms with Crippen molar-refractivity contribution in [3.05, 3.63) is 81.6 Å². The molecule has 0 aliphatic heterocycles. The van der Waals surface area contributed by atoms with Gasteiger partial charge in [0.25, 0.3) is 5.56 Å². The number of nitriles is 1. The van der Waals surface area contributed by atoms with E-state index < -0.39 is 11.5 Å². The maximum absolute atomic E-state index is 12.2. The van der Waals surface area contributed by atoms with Crippen LogP contribution < -0.4 is 11.0 Å². The van der Waals surface area contributed by atoms with Crippen molar-refractivity contribution in [2.75, 3.05) is 5.43 Å². The van der Waals surface area contributed by atoms with Crippen molar-refractivity contribution in [3.8, 4) is 17.3 Å². The third kappa shape index (κ3) is 5.14. The highest BCUT2D eigenvalue weighted by Gasteiger charge is 2.12. The molecule has 8 nitrogen and oxygen atoms in total. The lowest BCUT2D eigenvalue weighted by Gasteiger charge is -2.06. The molecular weight excluding hydrogens is 370 g/mol. The van der Waals surface area contributed by atoms with Gasteiger partial charge in [0.15, 0.2) is 0 Å². The van der Waals surface area contributed by atoms with Crippen molar-refractivity contribution in [1.82, 2.24) is 9.97 Å². The van der Waals surface area contributed by atoms with Gasteiger partial charge in [-0.25, -0.2) is 10.4 Å². The molecule has 0 aliphatic carbocycles. The summed E-state index contributed by atoms with van der Waals surface area (Å²) in [6.07, 6.45) is 2.08. The van der Waals surface area contributed by atoms with Crippen molar-refractivity contribution < 1.29 is 9.90 Å². The fourth-order valence-corrected chi connectivity index (χ4v) is 2.62. The minimum Gasteiger partial charge on any atom is -0.481 e. The van der Waals surface area contributed by atoms with Gasteiger partial charge in [0.1, 0.15) is 11.6 Å². The van der Waals surface area contributed by atoms with Gasteiger partial charge < -0.3 is 5.11 Å². The van der Waals surface area contributed by atoms with Crippen LogP contribution in [0.25, 0.3) is 11.3 Å². The molecule has 144 valence electrons. The predicted octanol–water partition coefficient (Wildman–Crippen LogP) is 2.77. The zero-order chi connectivity index (χ0) is 20.6. The Hall–Kier alpha value is -4.25. The SMILES string of the molecule is N#Cc1c(-c2ccccc2)nc(NN=Cc2ccc(CCC(=O)O)cc2)[nH]c1=O. The molecule has 1 aromatic heterocycles. The molecule has 29 heavy (non-hydrogen) atoms. The van der Waals surface area contributed by atoms with Gasteiger partial charge in [0.05, 0.1) is 11.9 Å². The molecule has 0 radical (unpaired) electrons. The lowest BCUT2D eigenvalue weighted by atomic mass is 10.1. The van der Waals surface area contributed by atoms with Gasteiger partial charge in [-0.15, -0.1) is 0 Å². The van der Waals surface area contributed by atoms with Gasteiger partial charge in [-0.3, -0.25) is 14.6 Å². The molecule has 0 saturated heterocycles. The number of carboxylic acid groups (broad SMARTS) is 1. The van der Waals surface area contributed by atoms with Crippen LogP contribution >= 0.6 is 0 Å². The normalized spacial score (nSPS) is 10.6. The maximum Gasteiger partial charge on any atom is 0.303 e. The number of benzene rings is 2. The van der Waals surface area contributed by atoms with Gasteiger partial charge in [-0.1, -0.05) is 54.6 Å². The highest BCUT2D eigenvalue weighted by Crippen LogP contribution is 2.19. The summed E-state index contributed by atoms with van der Waals surface area (Å²) in [6.45, 7) is 0. The first-order valence-electron chi connectivity index (χ1n) is 8.76. The third-order valence-electron chi connectivity index (χ3n) is 4.07. The Morgan fingerprint density at radius 1 is 1.21 bits per heavy atom. The van der Waals surface area contributed by atoms with Crippen LogP contribution in [0.4, 0.5) is 5.95 Å². The number of rotatable bonds is 7. The zero-order valence-corrected chi connectivity index (χ0v) is 15.3. The third-order valence-corrected chi connectivity index (χ3v) is 4.07. The average Bonchev–Trinajstić information content (AvgIpc) is 2.73. The largest absolute Gasteiger partial charge is 0.481 e. The van der Waals surface area contributed by atoms with Crippen LogP contribution in [0.2, 0.25) is 0 Å². The number of aromatic nitrogens is 2. The minimum atomic E-state index is -0.835. The first-order valence-corrected chi connectivity index (χ1v) is 8.76. The smallest absolute Gasteiger partial charge is 0.303 e. The molecule has 0 bridgehead atoms. The summed E-state index contributed by atoms with van der Waals surface area (Å²) in [4.78, 5) is 29.6. The Labute approximate surface area is 166 Å². The van der Waals surface area contributed by atoms with E-state index in [0.717, 1.165) is 11.1 Å². The molecule has 8 heteroatoms. The number of anilines is 1. The Morgan fingerprint density at radius 2 is 1.93 bits per heavy atom. The second kappa shape index (κ2) is 9.10. The number of nitrogens with one attached hydrogen (secondary N) is 2. The molecule has 0 fully saturated rings. The van der Waals surface area contributed by atoms with Crippen molar-refractivity contribution in [3.63, 3.8) is 0 Å². The highest BCUT2D eigenvalue weighted by molar-refractivity contribution is 5.80. The fourth-order valence-electron chi connectivity index (χ4n) is 2.62. The molecule has 1 heterocycles. The molecular formula is C21H17N5O3. The summed E-state index contributed by atoms with van der Waals surface area (Å²) >= 11 is 0. The van der Waals surface area contributed by atoms with E-state index >= 15 is 0 Å². The van der Waals surface area contributed by atoms with Crippen LogP contribution in [0.15, 0.2) is 64.5 Å². The van der Waals surface area contributed by atoms with Crippen molar-refractivity contribution in [1.29, 1.82) is 5.26 Å². The quantitative estimate of drug-likeness (QED) is 0.422. The summed E-state index contributed by atoms with van der Waals surface area (Å²) in [7, 11) is 0. The molecule has 0 spiro atoms. The molecule has 0 unspecified atom stereocenters. The number of hydrazone groups is 1. The summed E-state index contributed by atoms with van der Waals surface area (Å²) in [6, 6.07) is 18.1. The zero-order valence-electron chi connectivity index (χ0n) is 15.3. The standard InChI is InChI=1S/C21H17N5O3/c22-12-17-19(16-4-2-1-3-5-16)24-21(25-20(17)29)26-23-13-15-8-6-14(7-9-15)10-11-18(27)28/h1-9,13H,10-11H2,(H,27,28)(H2,24,25,26,29). The van der Waals surface area contributed by atoms with Gasteiger partial charge in [-0.05, 0) is 17.5 Å². The number of hydrogen-bond acceptors (Lipinski definition) is 6. The van der Waals surface area contributed by atoms with E-state index in [9.17, 15) is 14.9 Å². The number of aliphatic carboxylic acids is 1. The molecule has 2 aromatic carbocycles. The van der Waals surface area contributed by atoms with Crippen molar-refractivity contribution in [2.45, 2.75) is 12.8 Å². The van der Waals surface area contributed by atoms with Crippen LogP contribution in [0.1, 0.15) is 23.1 Å². The van der Waals surface area contributed by atoms with E-state index in [1.54, 1.807) is 30.5 Å². The van der Waals surface area contributed by atoms with Crippen LogP contribution in [-0.4, -0.2) is 27.3 Å². The second-order valence-electron chi connectivity index (χ2n) is 6.12. The molecule has 3 aromatic rings. The Balaban J connectivity index is 1.75. The molecule has 3 N–H and O–H groups in total. The van der Waals surface area contributed by atoms with E-state index in [0.29, 0.717) is 12.0 Å². The summed E-state index contributed by atoms with van der Waals surface area (Å²) in [5.74, 6) is -0.721. The van der Waals surface area contributed by atoms with Crippen molar-refractivity contribution in [2.24, 2.45) is 5.10 Å². The molecule has 0 atom stereocenters. The minimum absolute atomic E-state index is 0.0670. The van der Waals surface area contributed by atoms with Gasteiger partial charge >= 0.3 is 5.97 Å². The van der Waals surface area contributed by atoms with Crippen LogP contribution in [0, 0.1) is 11.3 Å². The Bertz CT molecular complexity index is 1130. The monoisotopic (exact) mass is 387 g/mol. The summed E-state index contributed by atoms with van der Waals surface area (Å²) in [5.41, 5.74) is 4.68. The highest BCUT2D eigenvalue weighted by atomic mass is 16.4. The average molecular weight is 387 g/mol. The summed E-state index contributed by atoms with van der Waals surface area (Å²) < 4.78 is 0. The molecule has 0 saturated carbocycles. The van der Waals surface area contributed by atoms with E-state index in [4.69, 9.17) is 5.11 Å². The van der Waals surface area contributed by atoms with Crippen LogP contribution in [0.5, 0.6) is 0 Å². The fraction of sp³-hybridized carbons (Fsp3) is 0.0952.